The molecule has 1 heterocycles. The molecule has 0 aliphatic carbocycles. The molecule has 2 aromatic rings. The highest BCUT2D eigenvalue weighted by molar-refractivity contribution is 9.10. The molecule has 1 aromatic carbocycles. The number of hydrogen-bond acceptors (Lipinski definition) is 3. The average Bonchev–Trinajstić information content (AvgIpc) is 2.32. The normalized spacial score (nSPS) is 10.3. The van der Waals surface area contributed by atoms with E-state index in [1.54, 1.807) is 7.11 Å². The molecule has 0 fully saturated rings. The van der Waals surface area contributed by atoms with E-state index in [2.05, 4.69) is 25.9 Å². The Morgan fingerprint density at radius 1 is 1.41 bits per heavy atom. The number of aromatic amines is 1. The van der Waals surface area contributed by atoms with Crippen molar-refractivity contribution in [1.82, 2.24) is 9.97 Å². The van der Waals surface area contributed by atoms with E-state index >= 15 is 0 Å². The molecule has 0 radical (unpaired) electrons. The Balaban J connectivity index is 2.59. The van der Waals surface area contributed by atoms with Crippen molar-refractivity contribution in [1.29, 1.82) is 0 Å². The maximum atomic E-state index is 11.5. The summed E-state index contributed by atoms with van der Waals surface area (Å²) in [7, 11) is 1.59. The zero-order valence-corrected chi connectivity index (χ0v) is 11.0. The lowest BCUT2D eigenvalue weighted by atomic mass is 10.1. The van der Waals surface area contributed by atoms with Gasteiger partial charge in [-0.25, -0.2) is 4.98 Å². The van der Waals surface area contributed by atoms with Crippen molar-refractivity contribution in [2.75, 3.05) is 7.11 Å². The van der Waals surface area contributed by atoms with Crippen molar-refractivity contribution in [3.63, 3.8) is 0 Å². The molecule has 1 N–H and O–H groups in total. The minimum Gasteiger partial charge on any atom is -0.496 e. The zero-order valence-electron chi connectivity index (χ0n) is 9.45. The van der Waals surface area contributed by atoms with E-state index in [1.165, 1.54) is 6.20 Å². The van der Waals surface area contributed by atoms with Crippen molar-refractivity contribution < 1.29 is 4.74 Å². The van der Waals surface area contributed by atoms with Gasteiger partial charge in [-0.15, -0.1) is 0 Å². The predicted octanol–water partition coefficient (Wildman–Crippen LogP) is 2.52. The van der Waals surface area contributed by atoms with E-state index in [0.29, 0.717) is 16.0 Å². The lowest BCUT2D eigenvalue weighted by molar-refractivity contribution is 0.416. The maximum absolute atomic E-state index is 11.5. The van der Waals surface area contributed by atoms with Crippen LogP contribution in [-0.2, 0) is 0 Å². The number of nitrogens with zero attached hydrogens (tertiary/aromatic N) is 1. The summed E-state index contributed by atoms with van der Waals surface area (Å²) in [5, 5.41) is 0. The first kappa shape index (κ1) is 11.9. The summed E-state index contributed by atoms with van der Waals surface area (Å²) in [6.07, 6.45) is 1.48. The summed E-state index contributed by atoms with van der Waals surface area (Å²) in [5.41, 5.74) is 1.64. The number of rotatable bonds is 2. The molecule has 2 rings (SSSR count). The Morgan fingerprint density at radius 2 is 2.18 bits per heavy atom. The van der Waals surface area contributed by atoms with Crippen molar-refractivity contribution in [3.8, 4) is 17.1 Å². The third-order valence-corrected chi connectivity index (χ3v) is 2.93. The number of nitrogens with one attached hydrogen (secondary N) is 1. The molecular formula is C12H11BrN2O2. The van der Waals surface area contributed by atoms with Crippen LogP contribution in [0.15, 0.2) is 33.7 Å². The predicted molar refractivity (Wildman–Crippen MR) is 69.3 cm³/mol. The standard InChI is InChI=1S/C12H11BrN2O2/c1-7-3-4-8(10(5-7)17-2)11-14-6-9(13)12(16)15-11/h3-6H,1-2H3,(H,14,15,16). The number of H-pyrrole nitrogens is 1. The van der Waals surface area contributed by atoms with E-state index in [4.69, 9.17) is 4.74 Å². The topological polar surface area (TPSA) is 55.0 Å². The Labute approximate surface area is 107 Å². The molecule has 0 bridgehead atoms. The molecule has 0 spiro atoms. The second-order valence-electron chi connectivity index (χ2n) is 3.61. The van der Waals surface area contributed by atoms with Gasteiger partial charge in [0, 0.05) is 6.20 Å². The second-order valence-corrected chi connectivity index (χ2v) is 4.47. The number of hydrogen-bond donors (Lipinski definition) is 1. The van der Waals surface area contributed by atoms with Crippen LogP contribution in [0.5, 0.6) is 5.75 Å². The first-order chi connectivity index (χ1) is 8.11. The SMILES string of the molecule is COc1cc(C)ccc1-c1ncc(Br)c(=O)[nH]1. The Bertz CT molecular complexity index is 608. The molecule has 0 aliphatic rings. The Kier molecular flexibility index (Phi) is 3.28. The van der Waals surface area contributed by atoms with Gasteiger partial charge in [0.2, 0.25) is 0 Å². The molecule has 0 unspecified atom stereocenters. The first-order valence-electron chi connectivity index (χ1n) is 5.01. The van der Waals surface area contributed by atoms with Crippen LogP contribution in [0.4, 0.5) is 0 Å². The minimum absolute atomic E-state index is 0.211. The number of aryl methyl sites for hydroxylation is 1. The van der Waals surface area contributed by atoms with Gasteiger partial charge in [-0.1, -0.05) is 6.07 Å². The molecule has 0 atom stereocenters. The molecule has 88 valence electrons. The molecule has 4 nitrogen and oxygen atoms in total. The zero-order chi connectivity index (χ0) is 12.4. The van der Waals surface area contributed by atoms with Gasteiger partial charge in [0.25, 0.3) is 5.56 Å². The quantitative estimate of drug-likeness (QED) is 0.926. The van der Waals surface area contributed by atoms with Crippen LogP contribution in [0, 0.1) is 6.92 Å². The number of benzene rings is 1. The van der Waals surface area contributed by atoms with Crippen LogP contribution in [0.2, 0.25) is 0 Å². The van der Waals surface area contributed by atoms with E-state index < -0.39 is 0 Å². The molecule has 17 heavy (non-hydrogen) atoms. The smallest absolute Gasteiger partial charge is 0.265 e. The third-order valence-electron chi connectivity index (χ3n) is 2.37. The number of methoxy groups -OCH3 is 1. The maximum Gasteiger partial charge on any atom is 0.265 e. The highest BCUT2D eigenvalue weighted by Crippen LogP contribution is 2.27. The van der Waals surface area contributed by atoms with Gasteiger partial charge in [0.05, 0.1) is 12.7 Å². The van der Waals surface area contributed by atoms with Crippen LogP contribution >= 0.6 is 15.9 Å². The van der Waals surface area contributed by atoms with Crippen LogP contribution in [0.1, 0.15) is 5.56 Å². The van der Waals surface area contributed by atoms with Crippen molar-refractivity contribution >= 4 is 15.9 Å². The van der Waals surface area contributed by atoms with E-state index in [9.17, 15) is 4.79 Å². The fourth-order valence-corrected chi connectivity index (χ4v) is 1.71. The molecule has 0 aliphatic heterocycles. The summed E-state index contributed by atoms with van der Waals surface area (Å²) in [6, 6.07) is 5.72. The van der Waals surface area contributed by atoms with E-state index in [-0.39, 0.29) is 5.56 Å². The van der Waals surface area contributed by atoms with Crippen molar-refractivity contribution in [3.05, 3.63) is 44.8 Å². The summed E-state index contributed by atoms with van der Waals surface area (Å²) in [6.45, 7) is 1.98. The summed E-state index contributed by atoms with van der Waals surface area (Å²) < 4.78 is 5.69. The van der Waals surface area contributed by atoms with Crippen molar-refractivity contribution in [2.45, 2.75) is 6.92 Å². The van der Waals surface area contributed by atoms with E-state index in [0.717, 1.165) is 11.1 Å². The van der Waals surface area contributed by atoms with Crippen LogP contribution in [-0.4, -0.2) is 17.1 Å². The van der Waals surface area contributed by atoms with Gasteiger partial charge < -0.3 is 9.72 Å². The molecule has 0 saturated carbocycles. The van der Waals surface area contributed by atoms with Gasteiger partial charge in [0.1, 0.15) is 16.0 Å². The molecule has 1 aromatic heterocycles. The number of aromatic nitrogens is 2. The van der Waals surface area contributed by atoms with Gasteiger partial charge >= 0.3 is 0 Å². The number of halogens is 1. The highest BCUT2D eigenvalue weighted by Gasteiger charge is 2.09. The molecular weight excluding hydrogens is 284 g/mol. The molecule has 5 heteroatoms. The van der Waals surface area contributed by atoms with Gasteiger partial charge in [-0.2, -0.15) is 0 Å². The van der Waals surface area contributed by atoms with Crippen LogP contribution in [0.25, 0.3) is 11.4 Å². The van der Waals surface area contributed by atoms with Gasteiger partial charge in [-0.05, 0) is 40.5 Å². The van der Waals surface area contributed by atoms with Crippen LogP contribution < -0.4 is 10.3 Å². The monoisotopic (exact) mass is 294 g/mol. The largest absolute Gasteiger partial charge is 0.496 e. The van der Waals surface area contributed by atoms with Gasteiger partial charge in [0.15, 0.2) is 0 Å². The summed E-state index contributed by atoms with van der Waals surface area (Å²) >= 11 is 3.11. The lowest BCUT2D eigenvalue weighted by Crippen LogP contribution is -2.09. The van der Waals surface area contributed by atoms with Crippen LogP contribution in [0.3, 0.4) is 0 Å². The third kappa shape index (κ3) is 2.39. The fraction of sp³-hybridized carbons (Fsp3) is 0.167. The van der Waals surface area contributed by atoms with Crippen molar-refractivity contribution in [2.24, 2.45) is 0 Å². The molecule has 0 saturated heterocycles. The second kappa shape index (κ2) is 4.71. The Hall–Kier alpha value is -1.62. The fourth-order valence-electron chi connectivity index (χ4n) is 1.51. The summed E-state index contributed by atoms with van der Waals surface area (Å²) in [5.74, 6) is 1.19. The molecule has 0 amide bonds. The minimum atomic E-state index is -0.211. The first-order valence-corrected chi connectivity index (χ1v) is 5.81. The summed E-state index contributed by atoms with van der Waals surface area (Å²) in [4.78, 5) is 18.4. The number of ether oxygens (including phenoxy) is 1. The Morgan fingerprint density at radius 3 is 2.82 bits per heavy atom. The van der Waals surface area contributed by atoms with Gasteiger partial charge in [-0.3, -0.25) is 4.79 Å². The average molecular weight is 295 g/mol. The lowest BCUT2D eigenvalue weighted by Gasteiger charge is -2.08. The van der Waals surface area contributed by atoms with E-state index in [1.807, 2.05) is 25.1 Å². The highest BCUT2D eigenvalue weighted by atomic mass is 79.9.